The summed E-state index contributed by atoms with van der Waals surface area (Å²) in [5.41, 5.74) is 2.19. The zero-order valence-electron chi connectivity index (χ0n) is 11.3. The standard InChI is InChI=1S/C14H19N3S.BrH/c1-11-5-7-13(8-6-11)17(12(2)15)14(18)16-9-3-4-10-16;/h5-8,15H,3-4,9-10H2,1-2H3;1H. The van der Waals surface area contributed by atoms with Crippen LogP contribution in [0.2, 0.25) is 0 Å². The predicted molar refractivity (Wildman–Crippen MR) is 90.8 cm³/mol. The minimum Gasteiger partial charge on any atom is -0.349 e. The number of rotatable bonds is 1. The molecule has 1 N–H and O–H groups in total. The first-order chi connectivity index (χ1) is 8.59. The molecule has 0 radical (unpaired) electrons. The van der Waals surface area contributed by atoms with Crippen LogP contribution in [-0.2, 0) is 0 Å². The van der Waals surface area contributed by atoms with Gasteiger partial charge in [0.25, 0.3) is 0 Å². The van der Waals surface area contributed by atoms with Crippen molar-refractivity contribution in [3.63, 3.8) is 0 Å². The van der Waals surface area contributed by atoms with Crippen molar-refractivity contribution in [3.05, 3.63) is 29.8 Å². The zero-order valence-corrected chi connectivity index (χ0v) is 13.9. The molecule has 0 spiro atoms. The number of hydrogen-bond acceptors (Lipinski definition) is 2. The number of benzene rings is 1. The highest BCUT2D eigenvalue weighted by molar-refractivity contribution is 8.93. The summed E-state index contributed by atoms with van der Waals surface area (Å²) in [5, 5.41) is 8.70. The Morgan fingerprint density at radius 3 is 2.21 bits per heavy atom. The van der Waals surface area contributed by atoms with Crippen LogP contribution in [0.25, 0.3) is 0 Å². The highest BCUT2D eigenvalue weighted by atomic mass is 79.9. The van der Waals surface area contributed by atoms with Gasteiger partial charge in [0.1, 0.15) is 5.84 Å². The Labute approximate surface area is 130 Å². The van der Waals surface area contributed by atoms with Gasteiger partial charge in [-0.1, -0.05) is 17.7 Å². The fourth-order valence-corrected chi connectivity index (χ4v) is 2.62. The summed E-state index contributed by atoms with van der Waals surface area (Å²) in [4.78, 5) is 4.04. The summed E-state index contributed by atoms with van der Waals surface area (Å²) in [6.07, 6.45) is 2.39. The molecule has 0 amide bonds. The minimum atomic E-state index is 0. The van der Waals surface area contributed by atoms with E-state index in [2.05, 4.69) is 24.0 Å². The second-order valence-corrected chi connectivity index (χ2v) is 5.10. The maximum absolute atomic E-state index is 7.95. The molecule has 3 nitrogen and oxygen atoms in total. The van der Waals surface area contributed by atoms with Crippen molar-refractivity contribution < 1.29 is 0 Å². The number of nitrogens with zero attached hydrogens (tertiary/aromatic N) is 2. The summed E-state index contributed by atoms with van der Waals surface area (Å²) in [7, 11) is 0. The maximum Gasteiger partial charge on any atom is 0.181 e. The van der Waals surface area contributed by atoms with E-state index in [1.165, 1.54) is 18.4 Å². The summed E-state index contributed by atoms with van der Waals surface area (Å²) >= 11 is 5.54. The van der Waals surface area contributed by atoms with Gasteiger partial charge in [-0.25, -0.2) is 0 Å². The van der Waals surface area contributed by atoms with E-state index in [0.717, 1.165) is 23.9 Å². The van der Waals surface area contributed by atoms with E-state index >= 15 is 0 Å². The number of likely N-dealkylation sites (tertiary alicyclic amines) is 1. The molecule has 0 aromatic heterocycles. The van der Waals surface area contributed by atoms with Gasteiger partial charge in [0.2, 0.25) is 0 Å². The molecular weight excluding hydrogens is 322 g/mol. The molecule has 1 aliphatic heterocycles. The normalized spacial score (nSPS) is 13.9. The molecular formula is C14H20BrN3S. The van der Waals surface area contributed by atoms with Crippen LogP contribution in [-0.4, -0.2) is 28.9 Å². The Balaban J connectivity index is 0.00000180. The predicted octanol–water partition coefficient (Wildman–Crippen LogP) is 3.76. The first-order valence-corrected chi connectivity index (χ1v) is 6.71. The molecule has 1 saturated heterocycles. The van der Waals surface area contributed by atoms with Gasteiger partial charge in [-0.3, -0.25) is 10.3 Å². The Kier molecular flexibility index (Phi) is 5.94. The molecule has 1 aromatic carbocycles. The molecule has 0 atom stereocenters. The molecule has 0 saturated carbocycles. The highest BCUT2D eigenvalue weighted by Gasteiger charge is 2.22. The Bertz CT molecular complexity index is 452. The largest absolute Gasteiger partial charge is 0.349 e. The lowest BCUT2D eigenvalue weighted by Crippen LogP contribution is -2.44. The zero-order chi connectivity index (χ0) is 13.1. The Morgan fingerprint density at radius 1 is 1.21 bits per heavy atom. The number of halogens is 1. The molecule has 5 heteroatoms. The Morgan fingerprint density at radius 2 is 1.74 bits per heavy atom. The van der Waals surface area contributed by atoms with Crippen LogP contribution < -0.4 is 4.90 Å². The first kappa shape index (κ1) is 16.1. The van der Waals surface area contributed by atoms with Crippen LogP contribution >= 0.6 is 29.2 Å². The second-order valence-electron chi connectivity index (χ2n) is 4.73. The van der Waals surface area contributed by atoms with Crippen LogP contribution in [0.3, 0.4) is 0 Å². The second kappa shape index (κ2) is 7.01. The molecule has 0 bridgehead atoms. The van der Waals surface area contributed by atoms with Crippen LogP contribution in [0.5, 0.6) is 0 Å². The van der Waals surface area contributed by atoms with Crippen molar-refractivity contribution in [1.82, 2.24) is 4.90 Å². The molecule has 1 heterocycles. The number of thiocarbonyl (C=S) groups is 1. The lowest BCUT2D eigenvalue weighted by molar-refractivity contribution is 0.523. The van der Waals surface area contributed by atoms with Gasteiger partial charge in [-0.15, -0.1) is 17.0 Å². The third-order valence-electron chi connectivity index (χ3n) is 3.20. The van der Waals surface area contributed by atoms with E-state index < -0.39 is 0 Å². The van der Waals surface area contributed by atoms with Crippen molar-refractivity contribution in [2.45, 2.75) is 26.7 Å². The van der Waals surface area contributed by atoms with Gasteiger partial charge < -0.3 is 4.90 Å². The number of nitrogens with one attached hydrogen (secondary N) is 1. The third kappa shape index (κ3) is 3.76. The molecule has 19 heavy (non-hydrogen) atoms. The van der Waals surface area contributed by atoms with Crippen LogP contribution in [0, 0.1) is 12.3 Å². The van der Waals surface area contributed by atoms with Crippen molar-refractivity contribution in [2.75, 3.05) is 18.0 Å². The van der Waals surface area contributed by atoms with Gasteiger partial charge >= 0.3 is 0 Å². The van der Waals surface area contributed by atoms with Gasteiger partial charge in [-0.05, 0) is 51.0 Å². The Hall–Kier alpha value is -0.940. The number of anilines is 1. The fourth-order valence-electron chi connectivity index (χ4n) is 2.19. The molecule has 1 aliphatic rings. The summed E-state index contributed by atoms with van der Waals surface area (Å²) < 4.78 is 0. The van der Waals surface area contributed by atoms with Crippen LogP contribution in [0.4, 0.5) is 5.69 Å². The molecule has 0 aliphatic carbocycles. The lowest BCUT2D eigenvalue weighted by Gasteiger charge is -2.30. The highest BCUT2D eigenvalue weighted by Crippen LogP contribution is 2.20. The van der Waals surface area contributed by atoms with E-state index in [1.807, 2.05) is 17.0 Å². The number of hydrogen-bond donors (Lipinski definition) is 1. The van der Waals surface area contributed by atoms with Crippen molar-refractivity contribution in [1.29, 1.82) is 5.41 Å². The summed E-state index contributed by atoms with van der Waals surface area (Å²) in [6, 6.07) is 8.15. The lowest BCUT2D eigenvalue weighted by atomic mass is 10.2. The maximum atomic E-state index is 7.95. The van der Waals surface area contributed by atoms with Gasteiger partial charge in [-0.2, -0.15) is 0 Å². The van der Waals surface area contributed by atoms with E-state index in [9.17, 15) is 0 Å². The molecule has 2 rings (SSSR count). The van der Waals surface area contributed by atoms with Crippen LogP contribution in [0.15, 0.2) is 24.3 Å². The van der Waals surface area contributed by atoms with E-state index in [0.29, 0.717) is 5.84 Å². The minimum absolute atomic E-state index is 0. The molecule has 1 fully saturated rings. The quantitative estimate of drug-likeness (QED) is 0.479. The van der Waals surface area contributed by atoms with E-state index in [4.69, 9.17) is 17.6 Å². The van der Waals surface area contributed by atoms with E-state index in [1.54, 1.807) is 6.92 Å². The molecule has 1 aromatic rings. The topological polar surface area (TPSA) is 30.3 Å². The third-order valence-corrected chi connectivity index (χ3v) is 3.64. The molecule has 0 unspecified atom stereocenters. The van der Waals surface area contributed by atoms with Crippen molar-refractivity contribution in [3.8, 4) is 0 Å². The average Bonchev–Trinajstić information content (AvgIpc) is 2.85. The number of amidine groups is 1. The van der Waals surface area contributed by atoms with Crippen LogP contribution in [0.1, 0.15) is 25.3 Å². The fraction of sp³-hybridized carbons (Fsp3) is 0.429. The SMILES string of the molecule is Br.CC(=N)N(C(=S)N1CCCC1)c1ccc(C)cc1. The smallest absolute Gasteiger partial charge is 0.181 e. The summed E-state index contributed by atoms with van der Waals surface area (Å²) in [5.74, 6) is 0.468. The van der Waals surface area contributed by atoms with Gasteiger partial charge in [0.15, 0.2) is 5.11 Å². The van der Waals surface area contributed by atoms with Crippen molar-refractivity contribution in [2.24, 2.45) is 0 Å². The average molecular weight is 342 g/mol. The van der Waals surface area contributed by atoms with Crippen molar-refractivity contribution >= 4 is 45.8 Å². The molecule has 104 valence electrons. The van der Waals surface area contributed by atoms with Gasteiger partial charge in [0, 0.05) is 18.8 Å². The monoisotopic (exact) mass is 341 g/mol. The van der Waals surface area contributed by atoms with E-state index in [-0.39, 0.29) is 17.0 Å². The summed E-state index contributed by atoms with van der Waals surface area (Å²) in [6.45, 7) is 5.86. The number of aryl methyl sites for hydroxylation is 1. The van der Waals surface area contributed by atoms with Gasteiger partial charge in [0.05, 0.1) is 0 Å². The first-order valence-electron chi connectivity index (χ1n) is 6.30.